The highest BCUT2D eigenvalue weighted by atomic mass is 32.2. The van der Waals surface area contributed by atoms with Gasteiger partial charge < -0.3 is 5.11 Å². The molecule has 0 radical (unpaired) electrons. The zero-order chi connectivity index (χ0) is 11.6. The van der Waals surface area contributed by atoms with Crippen molar-refractivity contribution in [2.45, 2.75) is 19.3 Å². The van der Waals surface area contributed by atoms with E-state index in [0.29, 0.717) is 19.4 Å². The monoisotopic (exact) mass is 233 g/mol. The molecule has 0 aliphatic rings. The van der Waals surface area contributed by atoms with Crippen LogP contribution >= 0.6 is 0 Å². The molecule has 0 aliphatic heterocycles. The smallest absolute Gasteiger partial charge is 0.212 e. The first kappa shape index (κ1) is 14.3. The van der Waals surface area contributed by atoms with E-state index in [2.05, 4.69) is 11.3 Å². The fraction of sp³-hybridized carbons (Fsp3) is 0.600. The van der Waals surface area contributed by atoms with Gasteiger partial charge in [-0.2, -0.15) is 0 Å². The number of rotatable bonds is 9. The average Bonchev–Trinajstić information content (AvgIpc) is 2.20. The summed E-state index contributed by atoms with van der Waals surface area (Å²) in [5, 5.41) is 8.49. The van der Waals surface area contributed by atoms with Crippen molar-refractivity contribution in [2.75, 3.05) is 18.9 Å². The number of aliphatic hydroxyl groups excluding tert-OH is 1. The Hall–Kier alpha value is -0.650. The minimum Gasteiger partial charge on any atom is -0.396 e. The van der Waals surface area contributed by atoms with Crippen molar-refractivity contribution in [2.24, 2.45) is 0 Å². The third-order valence-corrected chi connectivity index (χ3v) is 3.09. The van der Waals surface area contributed by atoms with E-state index in [1.807, 2.05) is 6.08 Å². The molecule has 0 saturated heterocycles. The molecule has 2 N–H and O–H groups in total. The molecule has 15 heavy (non-hydrogen) atoms. The predicted octanol–water partition coefficient (Wildman–Crippen LogP) is 0.811. The molecule has 88 valence electrons. The van der Waals surface area contributed by atoms with E-state index >= 15 is 0 Å². The molecule has 0 saturated carbocycles. The highest BCUT2D eigenvalue weighted by molar-refractivity contribution is 7.89. The Labute approximate surface area is 91.7 Å². The fourth-order valence-corrected chi connectivity index (χ4v) is 1.87. The lowest BCUT2D eigenvalue weighted by Gasteiger charge is -2.01. The van der Waals surface area contributed by atoms with Crippen LogP contribution in [0.1, 0.15) is 19.3 Å². The van der Waals surface area contributed by atoms with Crippen molar-refractivity contribution < 1.29 is 13.5 Å². The molecule has 0 unspecified atom stereocenters. The lowest BCUT2D eigenvalue weighted by molar-refractivity contribution is 0.289. The Morgan fingerprint density at radius 2 is 2.00 bits per heavy atom. The maximum absolute atomic E-state index is 11.2. The first-order valence-electron chi connectivity index (χ1n) is 4.96. The largest absolute Gasteiger partial charge is 0.396 e. The van der Waals surface area contributed by atoms with Gasteiger partial charge in [0.15, 0.2) is 0 Å². The van der Waals surface area contributed by atoms with Gasteiger partial charge >= 0.3 is 0 Å². The lowest BCUT2D eigenvalue weighted by Crippen LogP contribution is -2.26. The third-order valence-electron chi connectivity index (χ3n) is 1.71. The quantitative estimate of drug-likeness (QED) is 0.457. The molecule has 0 spiro atoms. The molecule has 4 nitrogen and oxygen atoms in total. The zero-order valence-electron chi connectivity index (χ0n) is 8.85. The number of hydrogen-bond donors (Lipinski definition) is 2. The van der Waals surface area contributed by atoms with Gasteiger partial charge in [0.05, 0.1) is 5.75 Å². The molecule has 0 aromatic heterocycles. The molecule has 0 aromatic carbocycles. The minimum absolute atomic E-state index is 0.0843. The molecule has 0 heterocycles. The Morgan fingerprint density at radius 3 is 2.60 bits per heavy atom. The van der Waals surface area contributed by atoms with Crippen molar-refractivity contribution in [3.8, 4) is 0 Å². The van der Waals surface area contributed by atoms with Gasteiger partial charge in [-0.3, -0.25) is 0 Å². The molecule has 0 bridgehead atoms. The maximum atomic E-state index is 11.2. The third kappa shape index (κ3) is 9.65. The van der Waals surface area contributed by atoms with Gasteiger partial charge in [0.25, 0.3) is 0 Å². The van der Waals surface area contributed by atoms with Crippen LogP contribution in [-0.2, 0) is 10.0 Å². The Balaban J connectivity index is 3.65. The van der Waals surface area contributed by atoms with Crippen LogP contribution in [0, 0.1) is 0 Å². The molecule has 0 atom stereocenters. The lowest BCUT2D eigenvalue weighted by atomic mass is 10.3. The number of sulfonamides is 1. The summed E-state index contributed by atoms with van der Waals surface area (Å²) in [6.45, 7) is 3.94. The van der Waals surface area contributed by atoms with Crippen LogP contribution in [-0.4, -0.2) is 32.4 Å². The molecule has 0 fully saturated rings. The SMILES string of the molecule is C=CCCS(=O)(=O)NC/C=C/CCCO. The second kappa shape index (κ2) is 8.64. The van der Waals surface area contributed by atoms with Gasteiger partial charge in [-0.25, -0.2) is 13.1 Å². The predicted molar refractivity (Wildman–Crippen MR) is 62.1 cm³/mol. The number of aliphatic hydroxyl groups is 1. The summed E-state index contributed by atoms with van der Waals surface area (Å²) in [6, 6.07) is 0. The van der Waals surface area contributed by atoms with Gasteiger partial charge in [-0.15, -0.1) is 6.58 Å². The second-order valence-electron chi connectivity index (χ2n) is 3.08. The van der Waals surface area contributed by atoms with E-state index in [1.54, 1.807) is 12.2 Å². The highest BCUT2D eigenvalue weighted by Gasteiger charge is 2.05. The maximum Gasteiger partial charge on any atom is 0.212 e. The van der Waals surface area contributed by atoms with Crippen molar-refractivity contribution in [1.29, 1.82) is 0 Å². The first-order chi connectivity index (χ1) is 7.12. The topological polar surface area (TPSA) is 66.4 Å². The van der Waals surface area contributed by atoms with E-state index in [-0.39, 0.29) is 12.4 Å². The van der Waals surface area contributed by atoms with Crippen LogP contribution in [0.3, 0.4) is 0 Å². The second-order valence-corrected chi connectivity index (χ2v) is 5.01. The highest BCUT2D eigenvalue weighted by Crippen LogP contribution is 1.91. The minimum atomic E-state index is -3.16. The van der Waals surface area contributed by atoms with Crippen molar-refractivity contribution in [3.63, 3.8) is 0 Å². The average molecular weight is 233 g/mol. The van der Waals surface area contributed by atoms with E-state index in [1.165, 1.54) is 0 Å². The van der Waals surface area contributed by atoms with Gasteiger partial charge in [-0.05, 0) is 19.3 Å². The summed E-state index contributed by atoms with van der Waals surface area (Å²) in [7, 11) is -3.16. The van der Waals surface area contributed by atoms with Crippen LogP contribution in [0.4, 0.5) is 0 Å². The summed E-state index contributed by atoms with van der Waals surface area (Å²) in [5.41, 5.74) is 0. The first-order valence-corrected chi connectivity index (χ1v) is 6.61. The summed E-state index contributed by atoms with van der Waals surface area (Å²) >= 11 is 0. The summed E-state index contributed by atoms with van der Waals surface area (Å²) in [4.78, 5) is 0. The summed E-state index contributed by atoms with van der Waals surface area (Å²) < 4.78 is 24.9. The van der Waals surface area contributed by atoms with Crippen LogP contribution in [0.2, 0.25) is 0 Å². The molecular formula is C10H19NO3S. The molecule has 0 amide bonds. The van der Waals surface area contributed by atoms with Gasteiger partial charge in [0, 0.05) is 13.2 Å². The molecule has 0 aromatic rings. The Bertz CT molecular complexity index is 283. The van der Waals surface area contributed by atoms with Crippen molar-refractivity contribution >= 4 is 10.0 Å². The van der Waals surface area contributed by atoms with E-state index in [0.717, 1.165) is 6.42 Å². The van der Waals surface area contributed by atoms with Crippen LogP contribution in [0.5, 0.6) is 0 Å². The number of nitrogens with one attached hydrogen (secondary N) is 1. The van der Waals surface area contributed by atoms with Gasteiger partial charge in [0.1, 0.15) is 0 Å². The molecular weight excluding hydrogens is 214 g/mol. The van der Waals surface area contributed by atoms with Gasteiger partial charge in [0.2, 0.25) is 10.0 Å². The molecule has 0 aliphatic carbocycles. The van der Waals surface area contributed by atoms with E-state index in [4.69, 9.17) is 5.11 Å². The van der Waals surface area contributed by atoms with E-state index in [9.17, 15) is 8.42 Å². The zero-order valence-corrected chi connectivity index (χ0v) is 9.67. The normalized spacial score (nSPS) is 12.1. The number of unbranched alkanes of at least 4 members (excludes halogenated alkanes) is 1. The standard InChI is InChI=1S/C10H19NO3S/c1-2-3-10-15(13,14)11-8-6-4-5-7-9-12/h2,4,6,11-12H,1,3,5,7-10H2/b6-4+. The summed E-state index contributed by atoms with van der Waals surface area (Å²) in [6.07, 6.45) is 7.12. The summed E-state index contributed by atoms with van der Waals surface area (Å²) in [5.74, 6) is 0.0843. The Morgan fingerprint density at radius 1 is 1.27 bits per heavy atom. The van der Waals surface area contributed by atoms with Gasteiger partial charge in [-0.1, -0.05) is 18.2 Å². The van der Waals surface area contributed by atoms with Crippen LogP contribution < -0.4 is 4.72 Å². The van der Waals surface area contributed by atoms with Crippen LogP contribution in [0.15, 0.2) is 24.8 Å². The van der Waals surface area contributed by atoms with Crippen LogP contribution in [0.25, 0.3) is 0 Å². The Kier molecular flexibility index (Phi) is 8.27. The number of hydrogen-bond acceptors (Lipinski definition) is 3. The van der Waals surface area contributed by atoms with E-state index < -0.39 is 10.0 Å². The molecule has 5 heteroatoms. The number of allylic oxidation sites excluding steroid dienone is 2. The van der Waals surface area contributed by atoms with Crippen molar-refractivity contribution in [3.05, 3.63) is 24.8 Å². The fourth-order valence-electron chi connectivity index (χ4n) is 0.896. The molecule has 0 rings (SSSR count). The van der Waals surface area contributed by atoms with Crippen molar-refractivity contribution in [1.82, 2.24) is 4.72 Å².